The monoisotopic (exact) mass is 1590 g/mol. The quantitative estimate of drug-likeness (QED) is 0.0423. The first kappa shape index (κ1) is 91.7. The summed E-state index contributed by atoms with van der Waals surface area (Å²) in [5.41, 5.74) is 10.8. The van der Waals surface area contributed by atoms with Crippen molar-refractivity contribution in [3.8, 4) is 0 Å². The Labute approximate surface area is 686 Å². The second-order valence-electron chi connectivity index (χ2n) is 31.7. The molecular formula is C95H124F3N11O7. The molecule has 21 heteroatoms. The van der Waals surface area contributed by atoms with Crippen molar-refractivity contribution in [1.82, 2.24) is 50.7 Å². The average molecular weight is 1590 g/mol. The number of anilines is 1. The van der Waals surface area contributed by atoms with Gasteiger partial charge in [0.2, 0.25) is 5.95 Å². The smallest absolute Gasteiger partial charge is 0.260 e. The van der Waals surface area contributed by atoms with E-state index in [-0.39, 0.29) is 63.8 Å². The Morgan fingerprint density at radius 3 is 1.39 bits per heavy atom. The Hall–Kier alpha value is -9.80. The first-order chi connectivity index (χ1) is 56.0. The molecule has 1 aliphatic carbocycles. The predicted molar refractivity (Wildman–Crippen MR) is 458 cm³/mol. The molecule has 14 rings (SSSR count). The van der Waals surface area contributed by atoms with E-state index >= 15 is 0 Å². The van der Waals surface area contributed by atoms with Gasteiger partial charge >= 0.3 is 0 Å². The molecule has 6 fully saturated rings. The van der Waals surface area contributed by atoms with Crippen LogP contribution >= 0.6 is 0 Å². The van der Waals surface area contributed by atoms with Crippen molar-refractivity contribution in [1.29, 1.82) is 0 Å². The van der Waals surface area contributed by atoms with Crippen LogP contribution in [0.1, 0.15) is 246 Å². The summed E-state index contributed by atoms with van der Waals surface area (Å²) in [6, 6.07) is 45.9. The number of ketones is 3. The normalized spacial score (nSPS) is 16.3. The predicted octanol–water partition coefficient (Wildman–Crippen LogP) is 18.0. The van der Waals surface area contributed by atoms with Crippen molar-refractivity contribution in [2.24, 2.45) is 5.92 Å². The minimum Gasteiger partial charge on any atom is -0.355 e. The van der Waals surface area contributed by atoms with Gasteiger partial charge in [-0.2, -0.15) is 10.1 Å². The Morgan fingerprint density at radius 2 is 0.888 bits per heavy atom. The lowest BCUT2D eigenvalue weighted by atomic mass is 9.90. The number of carbonyl (C=O) groups excluding carboxylic acids is 7. The van der Waals surface area contributed by atoms with Gasteiger partial charge in [-0.05, 0) is 287 Å². The van der Waals surface area contributed by atoms with Crippen molar-refractivity contribution in [2.45, 2.75) is 195 Å². The van der Waals surface area contributed by atoms with E-state index in [2.05, 4.69) is 63.0 Å². The van der Waals surface area contributed by atoms with Crippen LogP contribution in [-0.4, -0.2) is 173 Å². The number of nitrogens with zero attached hydrogens (tertiary/aromatic N) is 6. The fourth-order valence-electron chi connectivity index (χ4n) is 15.1. The zero-order valence-corrected chi connectivity index (χ0v) is 69.8. The standard InChI is InChI=1S/C17H24N2O.C16H23NO.C15H20FNO.C14H18FNO.C14H19NO.C10H9FN4O.C9H11NO/c1-14-6-8-15(9-7-14)17(20)19-12-4-5-16(19)13-18-10-2-3-11-18;1-14-7-9-15(10-8-14)16(18)6-5-13-17-11-3-2-4-12-17;1-12-6-7-13(14(16)11-12)15(18)5-4-10-17-8-2-3-9-17;1-10-7-8-12(13(15)9-10)14(17)16-11-5-3-2-4-6-11;1-11-2-4-13(5-3-11)14(16)10-12-6-8-15-9-7-12;1-6-2-3-7(8(11)4-6)9(16)14-10-12-5-13-15-10;1-7-4-3-5-8(6-7)9(11)10-2/h6-9,16H,2-5,10-13H2,1H3;7-10H,2-6,11-13H2,1H3;6-7,11H,2-5,8-10H2,1H3;7-9,11H,2-6H2,1H3,(H,16,17);2-5,12,15H,6-10H2,1H3;2-5H,1H3,(H2,12,13,14,15,16);3-6H,1-2H3,(H,10,11)/t16-;;;;;;/m0....../s1. The van der Waals surface area contributed by atoms with Crippen LogP contribution < -0.4 is 21.3 Å². The number of nitrogens with one attached hydrogen (secondary N) is 5. The lowest BCUT2D eigenvalue weighted by molar-refractivity contribution is 0.0707. The van der Waals surface area contributed by atoms with Gasteiger partial charge in [-0.3, -0.25) is 38.9 Å². The molecule has 0 radical (unpaired) electrons. The summed E-state index contributed by atoms with van der Waals surface area (Å²) in [4.78, 5) is 96.3. The summed E-state index contributed by atoms with van der Waals surface area (Å²) >= 11 is 0. The number of aryl methyl sites for hydroxylation is 7. The molecule has 5 N–H and O–H groups in total. The van der Waals surface area contributed by atoms with Gasteiger partial charge in [0.1, 0.15) is 23.8 Å². The van der Waals surface area contributed by atoms with E-state index in [9.17, 15) is 46.7 Å². The second kappa shape index (κ2) is 49.3. The summed E-state index contributed by atoms with van der Waals surface area (Å²) in [5.74, 6) is -0.772. The summed E-state index contributed by atoms with van der Waals surface area (Å²) < 4.78 is 40.6. The minimum atomic E-state index is -0.561. The Balaban J connectivity index is 0.000000170. The number of amides is 4. The van der Waals surface area contributed by atoms with Crippen LogP contribution in [0.4, 0.5) is 19.1 Å². The summed E-state index contributed by atoms with van der Waals surface area (Å²) in [6.07, 6.45) is 24.3. The number of H-pyrrole nitrogens is 1. The molecule has 0 unspecified atom stereocenters. The Morgan fingerprint density at radius 1 is 0.431 bits per heavy atom. The molecule has 5 aliphatic heterocycles. The van der Waals surface area contributed by atoms with Crippen LogP contribution in [0.15, 0.2) is 158 Å². The third kappa shape index (κ3) is 32.0. The van der Waals surface area contributed by atoms with Gasteiger partial charge in [0.25, 0.3) is 23.6 Å². The van der Waals surface area contributed by atoms with Gasteiger partial charge < -0.3 is 35.6 Å². The maximum absolute atomic E-state index is 13.6. The van der Waals surface area contributed by atoms with Crippen LogP contribution in [0.5, 0.6) is 0 Å². The minimum absolute atomic E-state index is 0.0259. The molecule has 1 aromatic heterocycles. The molecular weight excluding hydrogens is 1460 g/mol. The molecule has 4 amide bonds. The molecule has 0 bridgehead atoms. The van der Waals surface area contributed by atoms with E-state index in [0.29, 0.717) is 42.6 Å². The number of carbonyl (C=O) groups is 7. The van der Waals surface area contributed by atoms with E-state index < -0.39 is 17.5 Å². The van der Waals surface area contributed by atoms with Crippen molar-refractivity contribution >= 4 is 46.9 Å². The molecule has 116 heavy (non-hydrogen) atoms. The Bertz CT molecular complexity index is 4360. The van der Waals surface area contributed by atoms with E-state index in [1.165, 1.54) is 125 Å². The molecule has 8 aromatic rings. The zero-order chi connectivity index (χ0) is 83.1. The highest BCUT2D eigenvalue weighted by Gasteiger charge is 2.32. The Kier molecular flexibility index (Phi) is 39.0. The van der Waals surface area contributed by atoms with Crippen LogP contribution in [0.2, 0.25) is 0 Å². The van der Waals surface area contributed by atoms with Crippen LogP contribution in [0.25, 0.3) is 0 Å². The van der Waals surface area contributed by atoms with Crippen molar-refractivity contribution in [3.05, 3.63) is 253 Å². The van der Waals surface area contributed by atoms with Gasteiger partial charge in [0.15, 0.2) is 17.3 Å². The number of halogens is 3. The highest BCUT2D eigenvalue weighted by atomic mass is 19.1. The number of rotatable bonds is 21. The van der Waals surface area contributed by atoms with Crippen LogP contribution in [-0.2, 0) is 0 Å². The summed E-state index contributed by atoms with van der Waals surface area (Å²) in [7, 11) is 1.63. The summed E-state index contributed by atoms with van der Waals surface area (Å²) in [6.45, 7) is 26.8. The van der Waals surface area contributed by atoms with Gasteiger partial charge in [-0.25, -0.2) is 18.3 Å². The molecule has 1 atom stereocenters. The lowest BCUT2D eigenvalue weighted by Crippen LogP contribution is -2.42. The van der Waals surface area contributed by atoms with Gasteiger partial charge in [-0.1, -0.05) is 139 Å². The van der Waals surface area contributed by atoms with Crippen LogP contribution in [0.3, 0.4) is 0 Å². The molecule has 7 aromatic carbocycles. The van der Waals surface area contributed by atoms with Gasteiger partial charge in [-0.15, -0.1) is 0 Å². The molecule has 6 heterocycles. The molecule has 18 nitrogen and oxygen atoms in total. The molecule has 622 valence electrons. The number of benzene rings is 7. The SMILES string of the molecule is CNC(=O)c1cccc(C)c1.Cc1ccc(C(=O)CC2CCNCC2)cc1.Cc1ccc(C(=O)CCCN2CCCC2)c(F)c1.Cc1ccc(C(=O)CCCN2CCCCC2)cc1.Cc1ccc(C(=O)N2CCC[C@H]2CN2CCCC2)cc1.Cc1ccc(C(=O)NC2CCCCC2)c(F)c1.Cc1ccc(C(=O)Nc2ncn[nH]2)c(F)c1. The third-order valence-corrected chi connectivity index (χ3v) is 21.9. The highest BCUT2D eigenvalue weighted by molar-refractivity contribution is 6.03. The zero-order valence-electron chi connectivity index (χ0n) is 69.8. The van der Waals surface area contributed by atoms with E-state index in [0.717, 1.165) is 156 Å². The van der Waals surface area contributed by atoms with Crippen molar-refractivity contribution in [3.63, 3.8) is 0 Å². The van der Waals surface area contributed by atoms with Gasteiger partial charge in [0.05, 0.1) is 16.7 Å². The maximum atomic E-state index is 13.6. The number of likely N-dealkylation sites (tertiary alicyclic amines) is 4. The first-order valence-electron chi connectivity index (χ1n) is 42.0. The van der Waals surface area contributed by atoms with E-state index in [4.69, 9.17) is 0 Å². The number of aromatic amines is 1. The fraction of sp³-hybridized carbons (Fsp3) is 0.463. The van der Waals surface area contributed by atoms with E-state index in [1.807, 2.05) is 126 Å². The first-order valence-corrected chi connectivity index (χ1v) is 42.0. The molecule has 0 spiro atoms. The highest BCUT2D eigenvalue weighted by Crippen LogP contribution is 2.26. The topological polar surface area (TPSA) is 222 Å². The second-order valence-corrected chi connectivity index (χ2v) is 31.7. The van der Waals surface area contributed by atoms with Crippen molar-refractivity contribution in [2.75, 3.05) is 90.9 Å². The molecule has 1 saturated carbocycles. The van der Waals surface area contributed by atoms with Gasteiger partial charge in [0, 0.05) is 73.7 Å². The summed E-state index contributed by atoms with van der Waals surface area (Å²) in [5, 5.41) is 17.2. The number of hydrogen-bond donors (Lipinski definition) is 5. The lowest BCUT2D eigenvalue weighted by Gasteiger charge is -2.28. The maximum Gasteiger partial charge on any atom is 0.260 e. The van der Waals surface area contributed by atoms with Crippen molar-refractivity contribution < 1.29 is 46.7 Å². The molecule has 6 aliphatic rings. The number of Topliss-reactive ketones (excluding diaryl/α,β-unsaturated/α-hetero) is 3. The average Bonchev–Trinajstić information content (AvgIpc) is 1.67. The fourth-order valence-corrected chi connectivity index (χ4v) is 15.1. The largest absolute Gasteiger partial charge is 0.355 e. The number of piperidine rings is 2. The molecule has 5 saturated heterocycles. The van der Waals surface area contributed by atoms with E-state index in [1.54, 1.807) is 50.4 Å². The number of aromatic nitrogens is 3. The van der Waals surface area contributed by atoms with Crippen LogP contribution in [0, 0.1) is 71.8 Å². The number of hydrogen-bond acceptors (Lipinski definition) is 13. The third-order valence-electron chi connectivity index (χ3n) is 21.9.